The minimum Gasteiger partial charge on any atom is -0.437 e. The molecule has 0 unspecified atom stereocenters. The highest BCUT2D eigenvalue weighted by molar-refractivity contribution is 7.92. The van der Waals surface area contributed by atoms with Gasteiger partial charge in [-0.1, -0.05) is 24.3 Å². The van der Waals surface area contributed by atoms with Crippen molar-refractivity contribution in [1.29, 1.82) is 0 Å². The van der Waals surface area contributed by atoms with Crippen molar-refractivity contribution in [2.75, 3.05) is 16.2 Å². The number of benzene rings is 2. The van der Waals surface area contributed by atoms with Gasteiger partial charge >= 0.3 is 6.18 Å². The predicted octanol–water partition coefficient (Wildman–Crippen LogP) is 5.38. The van der Waals surface area contributed by atoms with E-state index in [9.17, 15) is 21.6 Å². The van der Waals surface area contributed by atoms with E-state index in [1.807, 2.05) is 6.92 Å². The van der Waals surface area contributed by atoms with Crippen LogP contribution in [0.15, 0.2) is 54.9 Å². The molecule has 188 valence electrons. The monoisotopic (exact) mass is 517 g/mol. The number of nitrogen functional groups attached to an aromatic ring is 1. The summed E-state index contributed by atoms with van der Waals surface area (Å²) in [5.74, 6) is -0.355. The van der Waals surface area contributed by atoms with E-state index in [0.717, 1.165) is 5.56 Å². The molecular formula is C24H22F3N5O3S. The number of halogens is 3. The highest BCUT2D eigenvalue weighted by atomic mass is 32.2. The third-order valence-electron chi connectivity index (χ3n) is 5.39. The molecule has 2 aromatic heterocycles. The number of rotatable bonds is 7. The number of hydrogen-bond acceptors (Lipinski definition) is 7. The maximum Gasteiger partial charge on any atom is 0.390 e. The minimum atomic E-state index is -4.59. The molecule has 0 bridgehead atoms. The van der Waals surface area contributed by atoms with Crippen LogP contribution in [0.25, 0.3) is 22.0 Å². The summed E-state index contributed by atoms with van der Waals surface area (Å²) in [7, 11) is -4.26. The summed E-state index contributed by atoms with van der Waals surface area (Å²) in [6, 6.07) is 12.0. The molecule has 4 aromatic rings. The second-order valence-electron chi connectivity index (χ2n) is 8.11. The molecule has 2 aromatic carbocycles. The van der Waals surface area contributed by atoms with Gasteiger partial charge in [0.2, 0.25) is 21.9 Å². The van der Waals surface area contributed by atoms with Crippen LogP contribution in [0.1, 0.15) is 17.5 Å². The molecule has 3 N–H and O–H groups in total. The Labute approximate surface area is 205 Å². The average Bonchev–Trinajstić information content (AvgIpc) is 2.81. The summed E-state index contributed by atoms with van der Waals surface area (Å²) >= 11 is 0. The minimum absolute atomic E-state index is 0.0848. The zero-order valence-electron chi connectivity index (χ0n) is 19.3. The van der Waals surface area contributed by atoms with Crippen LogP contribution in [0.2, 0.25) is 0 Å². The van der Waals surface area contributed by atoms with Gasteiger partial charge in [-0.3, -0.25) is 4.72 Å². The first kappa shape index (κ1) is 25.2. The first-order chi connectivity index (χ1) is 16.9. The van der Waals surface area contributed by atoms with Crippen LogP contribution in [0, 0.1) is 13.8 Å². The fourth-order valence-electron chi connectivity index (χ4n) is 3.61. The smallest absolute Gasteiger partial charge is 0.390 e. The van der Waals surface area contributed by atoms with E-state index in [1.165, 1.54) is 6.20 Å². The van der Waals surface area contributed by atoms with Crippen LogP contribution in [-0.4, -0.2) is 35.3 Å². The Kier molecular flexibility index (Phi) is 6.72. The van der Waals surface area contributed by atoms with E-state index in [0.29, 0.717) is 33.3 Å². The second kappa shape index (κ2) is 9.61. The Morgan fingerprint density at radius 3 is 2.42 bits per heavy atom. The Morgan fingerprint density at radius 1 is 0.972 bits per heavy atom. The van der Waals surface area contributed by atoms with Crippen LogP contribution in [0.3, 0.4) is 0 Å². The molecule has 2 heterocycles. The Morgan fingerprint density at radius 2 is 1.69 bits per heavy atom. The lowest BCUT2D eigenvalue weighted by atomic mass is 10.0. The first-order valence-corrected chi connectivity index (χ1v) is 12.4. The fraction of sp³-hybridized carbons (Fsp3) is 0.208. The van der Waals surface area contributed by atoms with E-state index in [4.69, 9.17) is 10.5 Å². The number of nitrogens with zero attached hydrogens (tertiary/aromatic N) is 3. The third kappa shape index (κ3) is 5.65. The van der Waals surface area contributed by atoms with Gasteiger partial charge in [-0.15, -0.1) is 0 Å². The van der Waals surface area contributed by atoms with Gasteiger partial charge in [0.15, 0.2) is 0 Å². The maximum absolute atomic E-state index is 12.6. The topological polar surface area (TPSA) is 120 Å². The van der Waals surface area contributed by atoms with Crippen molar-refractivity contribution >= 4 is 32.4 Å². The molecule has 0 saturated carbocycles. The van der Waals surface area contributed by atoms with E-state index in [2.05, 4.69) is 19.7 Å². The first-order valence-electron chi connectivity index (χ1n) is 10.8. The SMILES string of the molecule is Cc1ccc2c(Oc3ncccc3-c3ccnc(N)n3)c(C)ccc2c1NS(=O)(=O)CCC(F)(F)F. The van der Waals surface area contributed by atoms with Gasteiger partial charge in [-0.25, -0.2) is 23.4 Å². The number of pyridine rings is 1. The van der Waals surface area contributed by atoms with Crippen molar-refractivity contribution in [3.05, 3.63) is 66.0 Å². The number of hydrogen-bond donors (Lipinski definition) is 2. The van der Waals surface area contributed by atoms with E-state index in [1.54, 1.807) is 55.6 Å². The van der Waals surface area contributed by atoms with Gasteiger partial charge in [0.1, 0.15) is 5.75 Å². The molecular weight excluding hydrogens is 495 g/mol. The highest BCUT2D eigenvalue weighted by Crippen LogP contribution is 2.40. The number of nitrogens with one attached hydrogen (secondary N) is 1. The summed E-state index contributed by atoms with van der Waals surface area (Å²) in [5.41, 5.74) is 8.24. The largest absolute Gasteiger partial charge is 0.437 e. The van der Waals surface area contributed by atoms with Gasteiger partial charge in [-0.05, 0) is 43.2 Å². The molecule has 0 aliphatic carbocycles. The molecule has 0 spiro atoms. The number of aromatic nitrogens is 3. The van der Waals surface area contributed by atoms with Crippen molar-refractivity contribution in [1.82, 2.24) is 15.0 Å². The standard InChI is InChI=1S/C24H22F3N5O3S/c1-14-5-8-17-16(20(14)32-36(33,34)13-10-24(25,26)27)7-6-15(2)21(17)35-22-18(4-3-11-29-22)19-9-12-30-23(28)31-19/h3-9,11-12,32H,10,13H2,1-2H3,(H2,28,30,31). The molecule has 0 amide bonds. The van der Waals surface area contributed by atoms with Gasteiger partial charge in [0, 0.05) is 23.2 Å². The van der Waals surface area contributed by atoms with Crippen molar-refractivity contribution in [3.63, 3.8) is 0 Å². The Balaban J connectivity index is 1.77. The van der Waals surface area contributed by atoms with Gasteiger partial charge in [0.25, 0.3) is 0 Å². The molecule has 4 rings (SSSR count). The second-order valence-corrected chi connectivity index (χ2v) is 9.95. The number of anilines is 2. The number of sulfonamides is 1. The molecule has 0 radical (unpaired) electrons. The molecule has 36 heavy (non-hydrogen) atoms. The van der Waals surface area contributed by atoms with E-state index >= 15 is 0 Å². The maximum atomic E-state index is 12.6. The fourth-order valence-corrected chi connectivity index (χ4v) is 4.80. The van der Waals surface area contributed by atoms with Gasteiger partial charge in [0.05, 0.1) is 29.1 Å². The molecule has 8 nitrogen and oxygen atoms in total. The summed E-state index contributed by atoms with van der Waals surface area (Å²) in [5, 5.41) is 1.02. The zero-order valence-corrected chi connectivity index (χ0v) is 20.1. The zero-order chi connectivity index (χ0) is 26.1. The molecule has 0 aliphatic rings. The molecule has 0 aliphatic heterocycles. The number of alkyl halides is 3. The van der Waals surface area contributed by atoms with E-state index < -0.39 is 28.4 Å². The molecule has 0 fully saturated rings. The Hall–Kier alpha value is -3.93. The van der Waals surface area contributed by atoms with Crippen molar-refractivity contribution in [2.45, 2.75) is 26.4 Å². The molecule has 12 heteroatoms. The molecule has 0 atom stereocenters. The quantitative estimate of drug-likeness (QED) is 0.338. The van der Waals surface area contributed by atoms with Crippen molar-refractivity contribution in [3.8, 4) is 22.9 Å². The summed E-state index contributed by atoms with van der Waals surface area (Å²) in [6.45, 7) is 3.48. The number of fused-ring (bicyclic) bond motifs is 1. The van der Waals surface area contributed by atoms with Gasteiger partial charge in [-0.2, -0.15) is 13.2 Å². The lowest BCUT2D eigenvalue weighted by Gasteiger charge is -2.18. The number of ether oxygens (including phenoxy) is 1. The number of nitrogens with two attached hydrogens (primary N) is 1. The van der Waals surface area contributed by atoms with Crippen LogP contribution < -0.4 is 15.2 Å². The Bertz CT molecular complexity index is 1540. The average molecular weight is 518 g/mol. The van der Waals surface area contributed by atoms with Crippen LogP contribution in [0.5, 0.6) is 11.6 Å². The van der Waals surface area contributed by atoms with Crippen LogP contribution >= 0.6 is 0 Å². The van der Waals surface area contributed by atoms with E-state index in [-0.39, 0.29) is 17.5 Å². The normalized spacial score (nSPS) is 12.0. The summed E-state index contributed by atoms with van der Waals surface area (Å²) in [6.07, 6.45) is -2.98. The lowest BCUT2D eigenvalue weighted by molar-refractivity contribution is -0.129. The predicted molar refractivity (Wildman–Crippen MR) is 131 cm³/mol. The van der Waals surface area contributed by atoms with Crippen LogP contribution in [0.4, 0.5) is 24.8 Å². The van der Waals surface area contributed by atoms with Crippen molar-refractivity contribution < 1.29 is 26.3 Å². The number of aryl methyl sites for hydroxylation is 2. The summed E-state index contributed by atoms with van der Waals surface area (Å²) < 4.78 is 71.3. The van der Waals surface area contributed by atoms with Crippen LogP contribution in [-0.2, 0) is 10.0 Å². The van der Waals surface area contributed by atoms with Crippen molar-refractivity contribution in [2.24, 2.45) is 0 Å². The lowest BCUT2D eigenvalue weighted by Crippen LogP contribution is -2.22. The third-order valence-corrected chi connectivity index (χ3v) is 6.65. The molecule has 0 saturated heterocycles. The summed E-state index contributed by atoms with van der Waals surface area (Å²) in [4.78, 5) is 12.4. The highest BCUT2D eigenvalue weighted by Gasteiger charge is 2.30. The van der Waals surface area contributed by atoms with Gasteiger partial charge < -0.3 is 10.5 Å².